The molecule has 0 aromatic heterocycles. The maximum absolute atomic E-state index is 12.1. The average Bonchev–Trinajstić information content (AvgIpc) is 2.85. The molecule has 3 heteroatoms. The minimum atomic E-state index is -0.225. The zero-order chi connectivity index (χ0) is 23.7. The van der Waals surface area contributed by atoms with Crippen molar-refractivity contribution in [1.82, 2.24) is 0 Å². The highest BCUT2D eigenvalue weighted by Gasteiger charge is 2.17. The summed E-state index contributed by atoms with van der Waals surface area (Å²) in [6, 6.07) is 35.8. The normalized spacial score (nSPS) is 11.2. The summed E-state index contributed by atoms with van der Waals surface area (Å²) < 4.78 is 5.61. The summed E-state index contributed by atoms with van der Waals surface area (Å²) in [4.78, 5) is 14.4. The quantitative estimate of drug-likeness (QED) is 0.201. The topological polar surface area (TPSA) is 29.5 Å². The molecule has 0 aliphatic carbocycles. The van der Waals surface area contributed by atoms with E-state index in [4.69, 9.17) is 4.74 Å². The average molecular weight is 446 g/mol. The van der Waals surface area contributed by atoms with Crippen LogP contribution >= 0.6 is 0 Å². The molecule has 0 fully saturated rings. The Kier molecular flexibility index (Phi) is 5.77. The number of hydrogen-bond acceptors (Lipinski definition) is 3. The molecule has 0 N–H and O–H groups in total. The first-order valence-corrected chi connectivity index (χ1v) is 11.6. The van der Waals surface area contributed by atoms with Crippen LogP contribution in [0.1, 0.15) is 19.4 Å². The monoisotopic (exact) mass is 445 g/mol. The van der Waals surface area contributed by atoms with Crippen molar-refractivity contribution >= 4 is 44.6 Å². The summed E-state index contributed by atoms with van der Waals surface area (Å²) >= 11 is 0. The molecule has 0 heterocycles. The number of hydrogen-bond donors (Lipinski definition) is 0. The molecule has 0 spiro atoms. The lowest BCUT2D eigenvalue weighted by Crippen LogP contribution is -2.15. The van der Waals surface area contributed by atoms with Crippen LogP contribution in [0.25, 0.3) is 21.5 Å². The van der Waals surface area contributed by atoms with E-state index in [-0.39, 0.29) is 11.9 Å². The van der Waals surface area contributed by atoms with Crippen LogP contribution in [0.15, 0.2) is 103 Å². The van der Waals surface area contributed by atoms with Crippen LogP contribution in [0, 0.1) is 12.8 Å². The predicted molar refractivity (Wildman–Crippen MR) is 141 cm³/mol. The molecule has 0 radical (unpaired) electrons. The van der Waals surface area contributed by atoms with Crippen LogP contribution in [0.4, 0.5) is 17.1 Å². The second-order valence-electron chi connectivity index (χ2n) is 8.92. The number of ether oxygens (including phenoxy) is 1. The van der Waals surface area contributed by atoms with Crippen molar-refractivity contribution in [3.63, 3.8) is 0 Å². The molecule has 0 bridgehead atoms. The lowest BCUT2D eigenvalue weighted by atomic mass is 10.1. The molecule has 5 rings (SSSR count). The van der Waals surface area contributed by atoms with Gasteiger partial charge in [-0.05, 0) is 76.5 Å². The lowest BCUT2D eigenvalue weighted by Gasteiger charge is -2.27. The minimum Gasteiger partial charge on any atom is -0.426 e. The fraction of sp³-hybridized carbons (Fsp3) is 0.129. The van der Waals surface area contributed by atoms with Crippen LogP contribution in [0.3, 0.4) is 0 Å². The molecule has 0 saturated heterocycles. The van der Waals surface area contributed by atoms with E-state index in [1.807, 2.05) is 32.9 Å². The number of fused-ring (bicyclic) bond motifs is 2. The second kappa shape index (κ2) is 9.03. The van der Waals surface area contributed by atoms with E-state index >= 15 is 0 Å². The zero-order valence-corrected chi connectivity index (χ0v) is 19.7. The predicted octanol–water partition coefficient (Wildman–Crippen LogP) is 8.33. The van der Waals surface area contributed by atoms with Crippen molar-refractivity contribution in [2.24, 2.45) is 5.92 Å². The molecular formula is C31H27NO2. The lowest BCUT2D eigenvalue weighted by molar-refractivity contribution is -0.137. The van der Waals surface area contributed by atoms with Gasteiger partial charge in [0.1, 0.15) is 5.75 Å². The number of carbonyl (C=O) groups is 1. The van der Waals surface area contributed by atoms with Gasteiger partial charge in [-0.15, -0.1) is 0 Å². The molecule has 0 saturated carbocycles. The molecule has 0 aliphatic heterocycles. The molecular weight excluding hydrogens is 418 g/mol. The van der Waals surface area contributed by atoms with Crippen molar-refractivity contribution in [3.8, 4) is 5.75 Å². The zero-order valence-electron chi connectivity index (χ0n) is 19.7. The molecule has 5 aromatic carbocycles. The highest BCUT2D eigenvalue weighted by atomic mass is 16.5. The second-order valence-corrected chi connectivity index (χ2v) is 8.92. The maximum Gasteiger partial charge on any atom is 0.313 e. The molecule has 3 nitrogen and oxygen atoms in total. The number of benzene rings is 5. The Morgan fingerprint density at radius 1 is 0.647 bits per heavy atom. The van der Waals surface area contributed by atoms with Gasteiger partial charge in [0.25, 0.3) is 0 Å². The first kappa shape index (κ1) is 21.7. The molecule has 0 unspecified atom stereocenters. The van der Waals surface area contributed by atoms with Crippen LogP contribution in [-0.4, -0.2) is 5.97 Å². The highest BCUT2D eigenvalue weighted by Crippen LogP contribution is 2.39. The molecule has 0 aliphatic rings. The summed E-state index contributed by atoms with van der Waals surface area (Å²) in [7, 11) is 0. The van der Waals surface area contributed by atoms with Gasteiger partial charge < -0.3 is 9.64 Å². The summed E-state index contributed by atoms with van der Waals surface area (Å²) in [5.74, 6) is 0.196. The first-order valence-electron chi connectivity index (χ1n) is 11.6. The van der Waals surface area contributed by atoms with E-state index in [1.54, 1.807) is 0 Å². The van der Waals surface area contributed by atoms with Crippen LogP contribution < -0.4 is 9.64 Å². The van der Waals surface area contributed by atoms with Gasteiger partial charge in [0, 0.05) is 17.1 Å². The number of nitrogens with zero attached hydrogens (tertiary/aromatic N) is 1. The SMILES string of the molecule is Cc1cc(N(c2ccc3ccccc3c2)c2ccc3ccccc3c2)ccc1OC(=O)C(C)C. The van der Waals surface area contributed by atoms with E-state index in [2.05, 4.69) is 95.9 Å². The number of esters is 1. The molecule has 0 atom stereocenters. The number of rotatable bonds is 5. The van der Waals surface area contributed by atoms with Gasteiger partial charge in [-0.1, -0.05) is 74.5 Å². The molecule has 168 valence electrons. The third-order valence-electron chi connectivity index (χ3n) is 6.08. The van der Waals surface area contributed by atoms with Gasteiger partial charge in [-0.2, -0.15) is 0 Å². The first-order chi connectivity index (χ1) is 16.5. The van der Waals surface area contributed by atoms with Gasteiger partial charge in [0.2, 0.25) is 0 Å². The van der Waals surface area contributed by atoms with E-state index in [0.717, 1.165) is 22.6 Å². The van der Waals surface area contributed by atoms with Crippen molar-refractivity contribution in [2.45, 2.75) is 20.8 Å². The Hall–Kier alpha value is -4.11. The Morgan fingerprint density at radius 2 is 1.12 bits per heavy atom. The molecule has 0 amide bonds. The van der Waals surface area contributed by atoms with E-state index < -0.39 is 0 Å². The Morgan fingerprint density at radius 3 is 1.62 bits per heavy atom. The Labute approximate surface area is 200 Å². The van der Waals surface area contributed by atoms with E-state index in [9.17, 15) is 4.79 Å². The van der Waals surface area contributed by atoms with E-state index in [0.29, 0.717) is 5.75 Å². The van der Waals surface area contributed by atoms with Gasteiger partial charge >= 0.3 is 5.97 Å². The van der Waals surface area contributed by atoms with Crippen LogP contribution in [0.5, 0.6) is 5.75 Å². The summed E-state index contributed by atoms with van der Waals surface area (Å²) in [6.07, 6.45) is 0. The van der Waals surface area contributed by atoms with Crippen molar-refractivity contribution in [2.75, 3.05) is 4.90 Å². The van der Waals surface area contributed by atoms with Crippen molar-refractivity contribution < 1.29 is 9.53 Å². The maximum atomic E-state index is 12.1. The van der Waals surface area contributed by atoms with Crippen molar-refractivity contribution in [1.29, 1.82) is 0 Å². The summed E-state index contributed by atoms with van der Waals surface area (Å²) in [5.41, 5.74) is 4.06. The third-order valence-corrected chi connectivity index (χ3v) is 6.08. The fourth-order valence-electron chi connectivity index (χ4n) is 4.19. The minimum absolute atomic E-state index is 0.175. The Balaban J connectivity index is 1.64. The van der Waals surface area contributed by atoms with Crippen molar-refractivity contribution in [3.05, 3.63) is 109 Å². The van der Waals surface area contributed by atoms with E-state index in [1.165, 1.54) is 21.5 Å². The van der Waals surface area contributed by atoms with Gasteiger partial charge in [0.15, 0.2) is 0 Å². The van der Waals surface area contributed by atoms with Crippen LogP contribution in [0.2, 0.25) is 0 Å². The highest BCUT2D eigenvalue weighted by molar-refractivity contribution is 5.92. The molecule has 34 heavy (non-hydrogen) atoms. The number of carbonyl (C=O) groups excluding carboxylic acids is 1. The molecule has 5 aromatic rings. The number of anilines is 3. The third kappa shape index (κ3) is 4.25. The van der Waals surface area contributed by atoms with Gasteiger partial charge in [-0.3, -0.25) is 4.79 Å². The summed E-state index contributed by atoms with van der Waals surface area (Å²) in [6.45, 7) is 5.66. The Bertz CT molecular complexity index is 1420. The number of aryl methyl sites for hydroxylation is 1. The summed E-state index contributed by atoms with van der Waals surface area (Å²) in [5, 5.41) is 4.78. The largest absolute Gasteiger partial charge is 0.426 e. The standard InChI is InChI=1S/C31H27NO2/c1-21(2)31(33)34-30-17-16-27(18-22(30)3)32(28-14-12-23-8-4-6-10-25(23)19-28)29-15-13-24-9-5-7-11-26(24)20-29/h4-21H,1-3H3. The smallest absolute Gasteiger partial charge is 0.313 e. The van der Waals surface area contributed by atoms with Gasteiger partial charge in [-0.25, -0.2) is 0 Å². The van der Waals surface area contributed by atoms with Crippen LogP contribution in [-0.2, 0) is 4.79 Å². The van der Waals surface area contributed by atoms with Gasteiger partial charge in [0.05, 0.1) is 5.92 Å². The fourth-order valence-corrected chi connectivity index (χ4v) is 4.19.